The van der Waals surface area contributed by atoms with Gasteiger partial charge in [-0.1, -0.05) is 27.7 Å². The van der Waals surface area contributed by atoms with Crippen LogP contribution in [0.5, 0.6) is 0 Å². The van der Waals surface area contributed by atoms with Gasteiger partial charge < -0.3 is 5.73 Å². The van der Waals surface area contributed by atoms with Crippen LogP contribution in [0.15, 0.2) is 0 Å². The topological polar surface area (TPSA) is 49.9 Å². The van der Waals surface area contributed by atoms with Crippen molar-refractivity contribution in [3.63, 3.8) is 0 Å². The van der Waals surface area contributed by atoms with Crippen LogP contribution in [0.25, 0.3) is 0 Å². The minimum Gasteiger partial charge on any atom is -0.387 e. The zero-order chi connectivity index (χ0) is 11.2. The molecule has 0 aliphatic rings. The van der Waals surface area contributed by atoms with Crippen LogP contribution in [0.2, 0.25) is 0 Å². The molecule has 84 valence electrons. The molecule has 0 spiro atoms. The molecule has 0 amide bonds. The summed E-state index contributed by atoms with van der Waals surface area (Å²) in [5.41, 5.74) is 5.39. The molecule has 0 aromatic carbocycles. The number of amidine groups is 1. The molecule has 3 N–H and O–H groups in total. The fraction of sp³-hybridized carbons (Fsp3) is 0.909. The van der Waals surface area contributed by atoms with Crippen molar-refractivity contribution in [2.75, 3.05) is 11.5 Å². The van der Waals surface area contributed by atoms with Crippen LogP contribution in [0.3, 0.4) is 0 Å². The molecule has 0 aromatic heterocycles. The third-order valence-electron chi connectivity index (χ3n) is 2.44. The molecule has 0 fully saturated rings. The molecule has 0 aliphatic carbocycles. The van der Waals surface area contributed by atoms with Crippen LogP contribution in [-0.4, -0.2) is 17.3 Å². The fourth-order valence-electron chi connectivity index (χ4n) is 0.883. The maximum Gasteiger partial charge on any atom is 0.0963 e. The smallest absolute Gasteiger partial charge is 0.0963 e. The van der Waals surface area contributed by atoms with E-state index in [-0.39, 0.29) is 5.41 Å². The first-order chi connectivity index (χ1) is 6.36. The van der Waals surface area contributed by atoms with E-state index in [4.69, 9.17) is 11.1 Å². The van der Waals surface area contributed by atoms with E-state index in [9.17, 15) is 0 Å². The second kappa shape index (κ2) is 6.33. The second-order valence-corrected chi connectivity index (χ2v) is 6.07. The minimum atomic E-state index is -0.120. The summed E-state index contributed by atoms with van der Waals surface area (Å²) < 4.78 is 0. The lowest BCUT2D eigenvalue weighted by Crippen LogP contribution is -2.31. The van der Waals surface area contributed by atoms with E-state index in [2.05, 4.69) is 13.8 Å². The largest absolute Gasteiger partial charge is 0.387 e. The summed E-state index contributed by atoms with van der Waals surface area (Å²) in [5, 5.41) is 7.41. The Balaban J connectivity index is 3.49. The van der Waals surface area contributed by atoms with Crippen molar-refractivity contribution < 1.29 is 0 Å². The molecule has 0 unspecified atom stereocenters. The molecule has 0 aromatic rings. The number of nitrogens with one attached hydrogen (secondary N) is 1. The van der Waals surface area contributed by atoms with Gasteiger partial charge >= 0.3 is 0 Å². The molecule has 0 rings (SSSR count). The first-order valence-electron chi connectivity index (χ1n) is 5.28. The van der Waals surface area contributed by atoms with E-state index in [1.807, 2.05) is 25.6 Å². The first-order valence-corrected chi connectivity index (χ1v) is 6.44. The average molecular weight is 216 g/mol. The van der Waals surface area contributed by atoms with Crippen molar-refractivity contribution in [2.45, 2.75) is 40.5 Å². The molecule has 0 bridgehead atoms. The quantitative estimate of drug-likeness (QED) is 0.390. The molecule has 3 heteroatoms. The second-order valence-electron chi connectivity index (χ2n) is 4.84. The van der Waals surface area contributed by atoms with Gasteiger partial charge in [0.15, 0.2) is 0 Å². The lowest BCUT2D eigenvalue weighted by Gasteiger charge is -2.22. The number of hydrogen-bond donors (Lipinski definition) is 2. The van der Waals surface area contributed by atoms with Crippen LogP contribution in [0.1, 0.15) is 40.5 Å². The van der Waals surface area contributed by atoms with Gasteiger partial charge in [0.2, 0.25) is 0 Å². The standard InChI is InChI=1S/C11H24N2S/c1-9(2)5-7-14-8-6-11(3,4)10(12)13/h9H,5-8H2,1-4H3,(H3,12,13). The van der Waals surface area contributed by atoms with Gasteiger partial charge in [-0.05, 0) is 30.3 Å². The Morgan fingerprint density at radius 3 is 2.36 bits per heavy atom. The summed E-state index contributed by atoms with van der Waals surface area (Å²) >= 11 is 1.97. The molecule has 2 nitrogen and oxygen atoms in total. The monoisotopic (exact) mass is 216 g/mol. The highest BCUT2D eigenvalue weighted by Gasteiger charge is 2.20. The van der Waals surface area contributed by atoms with Crippen LogP contribution < -0.4 is 5.73 Å². The highest BCUT2D eigenvalue weighted by molar-refractivity contribution is 7.99. The van der Waals surface area contributed by atoms with Crippen molar-refractivity contribution in [1.29, 1.82) is 5.41 Å². The van der Waals surface area contributed by atoms with Crippen molar-refractivity contribution in [3.8, 4) is 0 Å². The van der Waals surface area contributed by atoms with Crippen LogP contribution >= 0.6 is 11.8 Å². The fourth-order valence-corrected chi connectivity index (χ4v) is 2.38. The molecule has 0 heterocycles. The third kappa shape index (κ3) is 6.30. The van der Waals surface area contributed by atoms with E-state index in [1.165, 1.54) is 12.2 Å². The molecule has 0 atom stereocenters. The highest BCUT2D eigenvalue weighted by atomic mass is 32.2. The van der Waals surface area contributed by atoms with E-state index < -0.39 is 0 Å². The Hall–Kier alpha value is -0.180. The summed E-state index contributed by atoms with van der Waals surface area (Å²) in [6.07, 6.45) is 2.29. The van der Waals surface area contributed by atoms with Gasteiger partial charge in [-0.25, -0.2) is 0 Å². The van der Waals surface area contributed by atoms with Crippen molar-refractivity contribution in [3.05, 3.63) is 0 Å². The molecule has 0 radical (unpaired) electrons. The summed E-state index contributed by atoms with van der Waals surface area (Å²) in [7, 11) is 0. The highest BCUT2D eigenvalue weighted by Crippen LogP contribution is 2.22. The van der Waals surface area contributed by atoms with Crippen LogP contribution in [-0.2, 0) is 0 Å². The first kappa shape index (κ1) is 13.8. The van der Waals surface area contributed by atoms with Gasteiger partial charge in [0.1, 0.15) is 0 Å². The average Bonchev–Trinajstić information content (AvgIpc) is 2.02. The maximum atomic E-state index is 7.41. The number of hydrogen-bond acceptors (Lipinski definition) is 2. The molecular formula is C11H24N2S. The van der Waals surface area contributed by atoms with Gasteiger partial charge in [0.05, 0.1) is 5.84 Å². The van der Waals surface area contributed by atoms with Gasteiger partial charge in [0.25, 0.3) is 0 Å². The summed E-state index contributed by atoms with van der Waals surface area (Å²) in [6.45, 7) is 8.58. The minimum absolute atomic E-state index is 0.120. The number of thioether (sulfide) groups is 1. The lowest BCUT2D eigenvalue weighted by molar-refractivity contribution is 0.500. The van der Waals surface area contributed by atoms with E-state index in [1.54, 1.807) is 0 Å². The Morgan fingerprint density at radius 1 is 1.36 bits per heavy atom. The molecular weight excluding hydrogens is 192 g/mol. The predicted octanol–water partition coefficient (Wildman–Crippen LogP) is 3.12. The Morgan fingerprint density at radius 2 is 1.93 bits per heavy atom. The molecule has 0 aliphatic heterocycles. The number of rotatable bonds is 7. The van der Waals surface area contributed by atoms with E-state index in [0.717, 1.165) is 18.1 Å². The van der Waals surface area contributed by atoms with Gasteiger partial charge in [-0.15, -0.1) is 0 Å². The Bertz CT molecular complexity index is 176. The summed E-state index contributed by atoms with van der Waals surface area (Å²) in [4.78, 5) is 0. The van der Waals surface area contributed by atoms with Crippen molar-refractivity contribution in [1.82, 2.24) is 0 Å². The Kier molecular flexibility index (Phi) is 6.25. The third-order valence-corrected chi connectivity index (χ3v) is 3.46. The predicted molar refractivity (Wildman–Crippen MR) is 67.1 cm³/mol. The van der Waals surface area contributed by atoms with Gasteiger partial charge in [0, 0.05) is 5.41 Å². The summed E-state index contributed by atoms with van der Waals surface area (Å²) in [6, 6.07) is 0. The van der Waals surface area contributed by atoms with Crippen molar-refractivity contribution in [2.24, 2.45) is 17.1 Å². The SMILES string of the molecule is CC(C)CCSCCC(C)(C)C(=N)N. The molecule has 0 saturated heterocycles. The Labute approximate surface area is 92.5 Å². The number of nitrogens with two attached hydrogens (primary N) is 1. The molecule has 14 heavy (non-hydrogen) atoms. The normalized spacial score (nSPS) is 12.1. The zero-order valence-electron chi connectivity index (χ0n) is 9.89. The summed E-state index contributed by atoms with van der Waals surface area (Å²) in [5.74, 6) is 3.44. The molecule has 0 saturated carbocycles. The lowest BCUT2D eigenvalue weighted by atomic mass is 9.89. The van der Waals surface area contributed by atoms with Crippen LogP contribution in [0.4, 0.5) is 0 Å². The zero-order valence-corrected chi connectivity index (χ0v) is 10.7. The van der Waals surface area contributed by atoms with E-state index in [0.29, 0.717) is 5.84 Å². The van der Waals surface area contributed by atoms with Crippen molar-refractivity contribution >= 4 is 17.6 Å². The maximum absolute atomic E-state index is 7.41. The van der Waals surface area contributed by atoms with E-state index >= 15 is 0 Å². The van der Waals surface area contributed by atoms with Gasteiger partial charge in [-0.2, -0.15) is 11.8 Å². The van der Waals surface area contributed by atoms with Crippen LogP contribution in [0, 0.1) is 16.7 Å². The van der Waals surface area contributed by atoms with Gasteiger partial charge in [-0.3, -0.25) is 5.41 Å².